The highest BCUT2D eigenvalue weighted by atomic mass is 16.6. The van der Waals surface area contributed by atoms with Crippen LogP contribution in [0.25, 0.3) is 10.9 Å². The monoisotopic (exact) mass is 444 g/mol. The van der Waals surface area contributed by atoms with Crippen molar-refractivity contribution in [2.75, 3.05) is 6.54 Å². The number of carbonyl (C=O) groups is 3. The van der Waals surface area contributed by atoms with E-state index in [9.17, 15) is 14.4 Å². The number of ether oxygens (including phenoxy) is 1. The third-order valence-electron chi connectivity index (χ3n) is 4.79. The number of hydrogen-bond donors (Lipinski definition) is 4. The lowest BCUT2D eigenvalue weighted by molar-refractivity contribution is -0.137. The molecule has 1 aromatic carbocycles. The van der Waals surface area contributed by atoms with Gasteiger partial charge in [-0.3, -0.25) is 9.59 Å². The van der Waals surface area contributed by atoms with Crippen molar-refractivity contribution in [2.45, 2.75) is 65.4 Å². The van der Waals surface area contributed by atoms with E-state index in [2.05, 4.69) is 15.3 Å². The fourth-order valence-corrected chi connectivity index (χ4v) is 3.21. The standard InChI is InChI=1S/C23H32N4O5/c1-14-16-13-15(20(24)27-22(31)32-23(2,3)4)10-11-17(16)26-19(14)21(30)25-12-8-6-5-7-9-18(28)29/h10-11,13,26H,5-9,12H2,1-4H3,(H,25,30)(H,28,29)(H2,24,27,31). The number of carboxylic acids is 1. The Labute approximate surface area is 187 Å². The van der Waals surface area contributed by atoms with E-state index < -0.39 is 17.7 Å². The summed E-state index contributed by atoms with van der Waals surface area (Å²) in [7, 11) is 0. The molecule has 9 heteroatoms. The number of H-pyrrole nitrogens is 1. The van der Waals surface area contributed by atoms with Crippen LogP contribution in [-0.2, 0) is 9.53 Å². The minimum atomic E-state index is -0.784. The van der Waals surface area contributed by atoms with E-state index in [1.807, 2.05) is 6.92 Å². The van der Waals surface area contributed by atoms with Gasteiger partial charge in [0.25, 0.3) is 5.91 Å². The number of nitrogens with one attached hydrogen (secondary N) is 2. The molecule has 5 N–H and O–H groups in total. The summed E-state index contributed by atoms with van der Waals surface area (Å²) in [4.78, 5) is 41.9. The molecule has 0 saturated heterocycles. The Hall–Kier alpha value is -3.36. The molecule has 0 aliphatic heterocycles. The molecule has 0 unspecified atom stereocenters. The SMILES string of the molecule is Cc1c(C(=O)NCCCCCCC(=O)O)[nH]c2ccc(/C(N)=N/C(=O)OC(C)(C)C)cc12. The number of aliphatic imine (C=N–C) groups is 1. The van der Waals surface area contributed by atoms with Crippen molar-refractivity contribution in [1.29, 1.82) is 0 Å². The Balaban J connectivity index is 2.02. The van der Waals surface area contributed by atoms with Gasteiger partial charge in [0.15, 0.2) is 0 Å². The molecule has 2 amide bonds. The van der Waals surface area contributed by atoms with Gasteiger partial charge in [-0.1, -0.05) is 12.8 Å². The van der Waals surface area contributed by atoms with Crippen molar-refractivity contribution in [3.8, 4) is 0 Å². The largest absolute Gasteiger partial charge is 0.481 e. The van der Waals surface area contributed by atoms with Crippen molar-refractivity contribution in [1.82, 2.24) is 10.3 Å². The van der Waals surface area contributed by atoms with Crippen LogP contribution in [-0.4, -0.2) is 46.0 Å². The summed E-state index contributed by atoms with van der Waals surface area (Å²) in [6.07, 6.45) is 2.53. The molecule has 0 aliphatic rings. The van der Waals surface area contributed by atoms with Gasteiger partial charge >= 0.3 is 12.1 Å². The number of aromatic nitrogens is 1. The first kappa shape index (κ1) is 24.9. The number of aliphatic carboxylic acids is 1. The number of benzene rings is 1. The second kappa shape index (κ2) is 10.8. The Morgan fingerprint density at radius 1 is 1.16 bits per heavy atom. The number of aryl methyl sites for hydroxylation is 1. The molecular formula is C23H32N4O5. The highest BCUT2D eigenvalue weighted by Crippen LogP contribution is 2.23. The predicted molar refractivity (Wildman–Crippen MR) is 123 cm³/mol. The van der Waals surface area contributed by atoms with Gasteiger partial charge in [0.2, 0.25) is 0 Å². The van der Waals surface area contributed by atoms with Gasteiger partial charge in [-0.15, -0.1) is 0 Å². The van der Waals surface area contributed by atoms with Gasteiger partial charge in [0.05, 0.1) is 0 Å². The zero-order valence-electron chi connectivity index (χ0n) is 19.1. The van der Waals surface area contributed by atoms with Crippen molar-refractivity contribution in [2.24, 2.45) is 10.7 Å². The summed E-state index contributed by atoms with van der Waals surface area (Å²) in [5.74, 6) is -0.953. The molecule has 0 bridgehead atoms. The molecule has 0 radical (unpaired) electrons. The summed E-state index contributed by atoms with van der Waals surface area (Å²) in [5, 5.41) is 12.3. The topological polar surface area (TPSA) is 147 Å². The van der Waals surface area contributed by atoms with Gasteiger partial charge in [-0.05, 0) is 64.3 Å². The number of carbonyl (C=O) groups excluding carboxylic acids is 2. The second-order valence-corrected chi connectivity index (χ2v) is 8.68. The van der Waals surface area contributed by atoms with E-state index in [4.69, 9.17) is 15.6 Å². The van der Waals surface area contributed by atoms with Gasteiger partial charge in [-0.25, -0.2) is 4.79 Å². The Kier molecular flexibility index (Phi) is 8.40. The third kappa shape index (κ3) is 7.40. The second-order valence-electron chi connectivity index (χ2n) is 8.68. The fourth-order valence-electron chi connectivity index (χ4n) is 3.21. The number of nitrogens with two attached hydrogens (primary N) is 1. The number of carboxylic acid groups (broad SMARTS) is 1. The van der Waals surface area contributed by atoms with E-state index >= 15 is 0 Å². The molecule has 0 fully saturated rings. The summed E-state index contributed by atoms with van der Waals surface area (Å²) < 4.78 is 5.16. The van der Waals surface area contributed by atoms with Crippen LogP contribution >= 0.6 is 0 Å². The Bertz CT molecular complexity index is 1020. The van der Waals surface area contributed by atoms with Crippen LogP contribution in [0.5, 0.6) is 0 Å². The number of aromatic amines is 1. The van der Waals surface area contributed by atoms with Crippen LogP contribution in [0.2, 0.25) is 0 Å². The maximum Gasteiger partial charge on any atom is 0.436 e. The van der Waals surface area contributed by atoms with E-state index in [-0.39, 0.29) is 18.2 Å². The Morgan fingerprint density at radius 2 is 1.84 bits per heavy atom. The van der Waals surface area contributed by atoms with Gasteiger partial charge in [0.1, 0.15) is 17.1 Å². The van der Waals surface area contributed by atoms with E-state index in [1.165, 1.54) is 0 Å². The molecule has 9 nitrogen and oxygen atoms in total. The first-order valence-electron chi connectivity index (χ1n) is 10.7. The van der Waals surface area contributed by atoms with Crippen molar-refractivity contribution >= 4 is 34.7 Å². The predicted octanol–water partition coefficient (Wildman–Crippen LogP) is 3.88. The minimum absolute atomic E-state index is 0.0376. The highest BCUT2D eigenvalue weighted by Gasteiger charge is 2.18. The smallest absolute Gasteiger partial charge is 0.436 e. The number of amidine groups is 1. The number of nitrogens with zero attached hydrogens (tertiary/aromatic N) is 1. The quantitative estimate of drug-likeness (QED) is 0.262. The average Bonchev–Trinajstić information content (AvgIpc) is 3.01. The molecule has 0 spiro atoms. The molecule has 32 heavy (non-hydrogen) atoms. The van der Waals surface area contributed by atoms with Crippen molar-refractivity contribution < 1.29 is 24.2 Å². The first-order valence-corrected chi connectivity index (χ1v) is 10.7. The van der Waals surface area contributed by atoms with E-state index in [0.29, 0.717) is 24.2 Å². The molecular weight excluding hydrogens is 412 g/mol. The van der Waals surface area contributed by atoms with Gasteiger partial charge in [0, 0.05) is 29.4 Å². The zero-order chi connectivity index (χ0) is 23.9. The number of amides is 2. The summed E-state index contributed by atoms with van der Waals surface area (Å²) in [6, 6.07) is 5.29. The lowest BCUT2D eigenvalue weighted by atomic mass is 10.1. The van der Waals surface area contributed by atoms with Crippen LogP contribution in [0.3, 0.4) is 0 Å². The maximum absolute atomic E-state index is 12.6. The highest BCUT2D eigenvalue weighted by molar-refractivity contribution is 6.07. The van der Waals surface area contributed by atoms with Crippen LogP contribution in [0.1, 0.15) is 74.5 Å². The number of unbranched alkanes of at least 4 members (excludes halogenated alkanes) is 3. The van der Waals surface area contributed by atoms with E-state index in [1.54, 1.807) is 39.0 Å². The number of fused-ring (bicyclic) bond motifs is 1. The maximum atomic E-state index is 12.6. The molecule has 1 aromatic heterocycles. The minimum Gasteiger partial charge on any atom is -0.481 e. The van der Waals surface area contributed by atoms with Crippen LogP contribution < -0.4 is 11.1 Å². The molecule has 0 saturated carbocycles. The number of hydrogen-bond acceptors (Lipinski definition) is 4. The Morgan fingerprint density at radius 3 is 2.50 bits per heavy atom. The fraction of sp³-hybridized carbons (Fsp3) is 0.478. The summed E-state index contributed by atoms with van der Waals surface area (Å²) >= 11 is 0. The molecule has 174 valence electrons. The van der Waals surface area contributed by atoms with Crippen molar-refractivity contribution in [3.63, 3.8) is 0 Å². The van der Waals surface area contributed by atoms with Crippen molar-refractivity contribution in [3.05, 3.63) is 35.0 Å². The summed E-state index contributed by atoms with van der Waals surface area (Å²) in [6.45, 7) is 7.60. The van der Waals surface area contributed by atoms with E-state index in [0.717, 1.165) is 35.7 Å². The van der Waals surface area contributed by atoms with Crippen LogP contribution in [0.4, 0.5) is 4.79 Å². The van der Waals surface area contributed by atoms with Crippen LogP contribution in [0, 0.1) is 6.92 Å². The molecule has 1 heterocycles. The summed E-state index contributed by atoms with van der Waals surface area (Å²) in [5.41, 5.74) is 7.88. The number of rotatable bonds is 9. The first-order chi connectivity index (χ1) is 15.0. The lowest BCUT2D eigenvalue weighted by Crippen LogP contribution is -2.25. The normalized spacial score (nSPS) is 12.1. The van der Waals surface area contributed by atoms with Gasteiger partial charge in [-0.2, -0.15) is 4.99 Å². The zero-order valence-corrected chi connectivity index (χ0v) is 19.1. The lowest BCUT2D eigenvalue weighted by Gasteiger charge is -2.17. The average molecular weight is 445 g/mol. The van der Waals surface area contributed by atoms with Crippen LogP contribution in [0.15, 0.2) is 23.2 Å². The molecule has 0 atom stereocenters. The molecule has 0 aliphatic carbocycles. The molecule has 2 aromatic rings. The van der Waals surface area contributed by atoms with Gasteiger partial charge < -0.3 is 25.9 Å². The molecule has 2 rings (SSSR count). The third-order valence-corrected chi connectivity index (χ3v) is 4.79.